The van der Waals surface area contributed by atoms with E-state index in [1.54, 1.807) is 19.3 Å². The molecule has 7 heteroatoms. The van der Waals surface area contributed by atoms with Gasteiger partial charge in [-0.1, -0.05) is 6.08 Å². The lowest BCUT2D eigenvalue weighted by molar-refractivity contribution is -0.122. The zero-order valence-electron chi connectivity index (χ0n) is 12.9. The molecule has 0 atom stereocenters. The monoisotopic (exact) mass is 428 g/mol. The first-order valence-corrected chi connectivity index (χ1v) is 8.05. The van der Waals surface area contributed by atoms with Gasteiger partial charge in [-0.15, -0.1) is 6.58 Å². The summed E-state index contributed by atoms with van der Waals surface area (Å²) in [6.07, 6.45) is 3.12. The highest BCUT2D eigenvalue weighted by Crippen LogP contribution is 2.34. The summed E-state index contributed by atoms with van der Waals surface area (Å²) in [5.41, 5.74) is 0.961. The number of carbonyl (C=O) groups is 2. The van der Waals surface area contributed by atoms with Gasteiger partial charge in [0.15, 0.2) is 11.5 Å². The molecule has 1 aromatic rings. The summed E-state index contributed by atoms with van der Waals surface area (Å²) in [5.74, 6) is 0.858. The van der Waals surface area contributed by atoms with E-state index in [4.69, 9.17) is 9.47 Å². The number of nitrogens with zero attached hydrogens (tertiary/aromatic N) is 1. The Hall–Kier alpha value is -2.03. The fraction of sp³-hybridized carbons (Fsp3) is 0.250. The molecule has 1 aliphatic heterocycles. The van der Waals surface area contributed by atoms with Crippen LogP contribution in [0.3, 0.4) is 0 Å². The first-order valence-electron chi connectivity index (χ1n) is 6.97. The molecular weight excluding hydrogens is 411 g/mol. The molecule has 1 aromatic carbocycles. The van der Waals surface area contributed by atoms with Gasteiger partial charge in [0.05, 0.1) is 17.3 Å². The van der Waals surface area contributed by atoms with Gasteiger partial charge in [0.1, 0.15) is 5.70 Å². The molecule has 3 amide bonds. The van der Waals surface area contributed by atoms with Crippen LogP contribution >= 0.6 is 22.6 Å². The van der Waals surface area contributed by atoms with E-state index in [-0.39, 0.29) is 18.1 Å². The van der Waals surface area contributed by atoms with E-state index in [0.717, 1.165) is 14.0 Å². The molecule has 0 aromatic heterocycles. The average molecular weight is 428 g/mol. The van der Waals surface area contributed by atoms with Crippen molar-refractivity contribution in [3.63, 3.8) is 0 Å². The third kappa shape index (κ3) is 3.66. The van der Waals surface area contributed by atoms with Crippen molar-refractivity contribution in [1.29, 1.82) is 0 Å². The van der Waals surface area contributed by atoms with Crippen molar-refractivity contribution in [3.05, 3.63) is 39.6 Å². The van der Waals surface area contributed by atoms with Crippen LogP contribution in [0, 0.1) is 3.57 Å². The van der Waals surface area contributed by atoms with Gasteiger partial charge in [-0.2, -0.15) is 0 Å². The first-order chi connectivity index (χ1) is 11.0. The van der Waals surface area contributed by atoms with E-state index >= 15 is 0 Å². The molecule has 6 nitrogen and oxygen atoms in total. The van der Waals surface area contributed by atoms with Gasteiger partial charge < -0.3 is 14.8 Å². The summed E-state index contributed by atoms with van der Waals surface area (Å²) in [7, 11) is 1.58. The number of amides is 3. The third-order valence-electron chi connectivity index (χ3n) is 3.12. The smallest absolute Gasteiger partial charge is 0.329 e. The molecule has 1 saturated heterocycles. The summed E-state index contributed by atoms with van der Waals surface area (Å²) in [5, 5.41) is 2.56. The van der Waals surface area contributed by atoms with E-state index in [1.165, 1.54) is 6.08 Å². The van der Waals surface area contributed by atoms with Crippen molar-refractivity contribution in [2.75, 3.05) is 20.3 Å². The van der Waals surface area contributed by atoms with Crippen LogP contribution in [0.1, 0.15) is 12.5 Å². The number of nitrogens with one attached hydrogen (secondary N) is 1. The fourth-order valence-electron chi connectivity index (χ4n) is 2.17. The van der Waals surface area contributed by atoms with Crippen molar-refractivity contribution in [2.24, 2.45) is 0 Å². The Bertz CT molecular complexity index is 685. The van der Waals surface area contributed by atoms with Crippen LogP contribution in [-0.2, 0) is 4.79 Å². The summed E-state index contributed by atoms with van der Waals surface area (Å²) in [6.45, 7) is 6.09. The molecule has 23 heavy (non-hydrogen) atoms. The first kappa shape index (κ1) is 17.3. The minimum Gasteiger partial charge on any atom is -0.492 e. The molecule has 0 aliphatic carbocycles. The van der Waals surface area contributed by atoms with Crippen LogP contribution in [0.2, 0.25) is 0 Å². The van der Waals surface area contributed by atoms with Crippen LogP contribution < -0.4 is 14.8 Å². The van der Waals surface area contributed by atoms with Gasteiger partial charge in [0, 0.05) is 6.54 Å². The number of hydrogen-bond acceptors (Lipinski definition) is 4. The molecule has 0 bridgehead atoms. The Balaban J connectivity index is 2.38. The lowest BCUT2D eigenvalue weighted by Gasteiger charge is -2.12. The normalized spacial score (nSPS) is 15.8. The topological polar surface area (TPSA) is 67.9 Å². The maximum atomic E-state index is 12.2. The second kappa shape index (κ2) is 7.49. The Morgan fingerprint density at radius 2 is 2.13 bits per heavy atom. The van der Waals surface area contributed by atoms with Gasteiger partial charge >= 0.3 is 6.03 Å². The molecule has 1 aliphatic rings. The van der Waals surface area contributed by atoms with Crippen molar-refractivity contribution in [1.82, 2.24) is 10.2 Å². The minimum absolute atomic E-state index is 0.173. The van der Waals surface area contributed by atoms with Crippen LogP contribution in [-0.4, -0.2) is 37.1 Å². The summed E-state index contributed by atoms with van der Waals surface area (Å²) >= 11 is 2.13. The van der Waals surface area contributed by atoms with Gasteiger partial charge in [0.2, 0.25) is 0 Å². The maximum Gasteiger partial charge on any atom is 0.329 e. The van der Waals surface area contributed by atoms with Crippen LogP contribution in [0.4, 0.5) is 4.79 Å². The molecular formula is C16H17IN2O4. The molecule has 0 spiro atoms. The highest BCUT2D eigenvalue weighted by atomic mass is 127. The predicted octanol–water partition coefficient (Wildman–Crippen LogP) is 2.78. The molecule has 0 radical (unpaired) electrons. The van der Waals surface area contributed by atoms with Gasteiger partial charge in [-0.3, -0.25) is 9.69 Å². The van der Waals surface area contributed by atoms with Crippen LogP contribution in [0.25, 0.3) is 6.08 Å². The van der Waals surface area contributed by atoms with Crippen LogP contribution in [0.5, 0.6) is 11.5 Å². The highest BCUT2D eigenvalue weighted by Gasteiger charge is 2.32. The Kier molecular flexibility index (Phi) is 5.64. The Morgan fingerprint density at radius 3 is 2.74 bits per heavy atom. The SMILES string of the molecule is C=CCN1C(=O)N/C(=C/c2cc(I)c(OC)c(OCC)c2)C1=O. The number of methoxy groups -OCH3 is 1. The number of urea groups is 1. The Labute approximate surface area is 148 Å². The number of benzene rings is 1. The van der Waals surface area contributed by atoms with E-state index in [2.05, 4.69) is 34.5 Å². The number of halogens is 1. The van der Waals surface area contributed by atoms with Crippen molar-refractivity contribution >= 4 is 40.6 Å². The van der Waals surface area contributed by atoms with E-state index in [1.807, 2.05) is 13.0 Å². The summed E-state index contributed by atoms with van der Waals surface area (Å²) in [4.78, 5) is 25.1. The van der Waals surface area contributed by atoms with Gasteiger partial charge in [-0.05, 0) is 53.3 Å². The lowest BCUT2D eigenvalue weighted by Crippen LogP contribution is -2.30. The fourth-order valence-corrected chi connectivity index (χ4v) is 3.01. The van der Waals surface area contributed by atoms with Gasteiger partial charge in [0.25, 0.3) is 5.91 Å². The largest absolute Gasteiger partial charge is 0.492 e. The van der Waals surface area contributed by atoms with Crippen molar-refractivity contribution in [2.45, 2.75) is 6.92 Å². The number of carbonyl (C=O) groups excluding carboxylic acids is 2. The average Bonchev–Trinajstić information content (AvgIpc) is 2.75. The van der Waals surface area contributed by atoms with Crippen molar-refractivity contribution < 1.29 is 19.1 Å². The standard InChI is InChI=1S/C16H17IN2O4/c1-4-6-19-15(20)12(18-16(19)21)8-10-7-11(17)14(22-3)13(9-10)23-5-2/h4,7-9H,1,5-6H2,2-3H3,(H,18,21)/b12-8+. The molecule has 1 heterocycles. The molecule has 1 fully saturated rings. The van der Waals surface area contributed by atoms with Crippen LogP contribution in [0.15, 0.2) is 30.5 Å². The summed E-state index contributed by atoms with van der Waals surface area (Å²) < 4.78 is 11.7. The molecule has 122 valence electrons. The lowest BCUT2D eigenvalue weighted by atomic mass is 10.1. The molecule has 2 rings (SSSR count). The third-order valence-corrected chi connectivity index (χ3v) is 3.92. The summed E-state index contributed by atoms with van der Waals surface area (Å²) in [6, 6.07) is 3.17. The second-order valence-electron chi connectivity index (χ2n) is 4.66. The van der Waals surface area contributed by atoms with Gasteiger partial charge in [-0.25, -0.2) is 4.79 Å². The highest BCUT2D eigenvalue weighted by molar-refractivity contribution is 14.1. The second-order valence-corrected chi connectivity index (χ2v) is 5.82. The van der Waals surface area contributed by atoms with E-state index in [0.29, 0.717) is 18.1 Å². The maximum absolute atomic E-state index is 12.2. The van der Waals surface area contributed by atoms with E-state index < -0.39 is 6.03 Å². The number of hydrogen-bond donors (Lipinski definition) is 1. The molecule has 0 saturated carbocycles. The molecule has 0 unspecified atom stereocenters. The zero-order valence-corrected chi connectivity index (χ0v) is 15.0. The minimum atomic E-state index is -0.450. The predicted molar refractivity (Wildman–Crippen MR) is 95.3 cm³/mol. The van der Waals surface area contributed by atoms with E-state index in [9.17, 15) is 9.59 Å². The number of rotatable bonds is 6. The quantitative estimate of drug-likeness (QED) is 0.328. The molecule has 1 N–H and O–H groups in total. The zero-order chi connectivity index (χ0) is 17.0. The number of ether oxygens (including phenoxy) is 2. The van der Waals surface area contributed by atoms with Crippen molar-refractivity contribution in [3.8, 4) is 11.5 Å². The Morgan fingerprint density at radius 1 is 1.39 bits per heavy atom. The number of imide groups is 1.